The van der Waals surface area contributed by atoms with Gasteiger partial charge in [-0.1, -0.05) is 35.5 Å². The van der Waals surface area contributed by atoms with Gasteiger partial charge in [0.2, 0.25) is 11.8 Å². The van der Waals surface area contributed by atoms with Crippen LogP contribution in [0.15, 0.2) is 34.9 Å². The highest BCUT2D eigenvalue weighted by molar-refractivity contribution is 5.73. The van der Waals surface area contributed by atoms with Crippen LogP contribution >= 0.6 is 0 Å². The van der Waals surface area contributed by atoms with Gasteiger partial charge in [-0.05, 0) is 12.0 Å². The number of rotatable bonds is 6. The van der Waals surface area contributed by atoms with Gasteiger partial charge in [0.25, 0.3) is 0 Å². The van der Waals surface area contributed by atoms with Crippen molar-refractivity contribution in [2.24, 2.45) is 0 Å². The second-order valence-corrected chi connectivity index (χ2v) is 5.80. The van der Waals surface area contributed by atoms with Crippen molar-refractivity contribution in [3.63, 3.8) is 0 Å². The SMILES string of the molecule is CC(=O)N(CCc1ccccc1)Cc1nc(C2COCCN2)no1. The number of hydrogen-bond acceptors (Lipinski definition) is 6. The van der Waals surface area contributed by atoms with E-state index in [9.17, 15) is 4.79 Å². The minimum atomic E-state index is -0.0497. The first kappa shape index (κ1) is 16.6. The van der Waals surface area contributed by atoms with Crippen molar-refractivity contribution in [1.82, 2.24) is 20.4 Å². The number of nitrogens with zero attached hydrogens (tertiary/aromatic N) is 3. The van der Waals surface area contributed by atoms with Gasteiger partial charge in [-0.25, -0.2) is 0 Å². The Bertz CT molecular complexity index is 653. The Morgan fingerprint density at radius 1 is 1.38 bits per heavy atom. The Balaban J connectivity index is 1.59. The van der Waals surface area contributed by atoms with E-state index in [0.29, 0.717) is 38.0 Å². The third-order valence-electron chi connectivity index (χ3n) is 4.00. The molecule has 0 saturated carbocycles. The molecule has 0 spiro atoms. The van der Waals surface area contributed by atoms with E-state index in [1.54, 1.807) is 11.8 Å². The molecule has 7 heteroatoms. The normalized spacial score (nSPS) is 17.6. The molecule has 2 heterocycles. The topological polar surface area (TPSA) is 80.5 Å². The first-order chi connectivity index (χ1) is 11.7. The molecule has 128 valence electrons. The van der Waals surface area contributed by atoms with Crippen molar-refractivity contribution in [1.29, 1.82) is 0 Å². The van der Waals surface area contributed by atoms with Crippen LogP contribution in [0.3, 0.4) is 0 Å². The summed E-state index contributed by atoms with van der Waals surface area (Å²) in [5.41, 5.74) is 1.19. The molecule has 2 aromatic rings. The van der Waals surface area contributed by atoms with Crippen molar-refractivity contribution in [3.8, 4) is 0 Å². The average Bonchev–Trinajstić information content (AvgIpc) is 3.09. The van der Waals surface area contributed by atoms with Crippen LogP contribution in [0.25, 0.3) is 0 Å². The van der Waals surface area contributed by atoms with Crippen LogP contribution in [-0.4, -0.2) is 47.3 Å². The molecular weight excluding hydrogens is 308 g/mol. The molecule has 1 aromatic heterocycles. The van der Waals surface area contributed by atoms with Crippen molar-refractivity contribution in [3.05, 3.63) is 47.6 Å². The van der Waals surface area contributed by atoms with Crippen LogP contribution < -0.4 is 5.32 Å². The first-order valence-electron chi connectivity index (χ1n) is 8.15. The van der Waals surface area contributed by atoms with Gasteiger partial charge in [-0.2, -0.15) is 4.98 Å². The molecule has 1 amide bonds. The standard InChI is InChI=1S/C17H22N4O3/c1-13(22)21(9-7-14-5-3-2-4-6-14)11-16-19-17(20-24-16)15-12-23-10-8-18-15/h2-6,15,18H,7-12H2,1H3. The fourth-order valence-electron chi connectivity index (χ4n) is 2.62. The molecule has 1 saturated heterocycles. The maximum Gasteiger partial charge on any atom is 0.246 e. The second-order valence-electron chi connectivity index (χ2n) is 5.80. The molecule has 0 aliphatic carbocycles. The van der Waals surface area contributed by atoms with Gasteiger partial charge in [-0.3, -0.25) is 4.79 Å². The zero-order chi connectivity index (χ0) is 16.8. The zero-order valence-corrected chi connectivity index (χ0v) is 13.8. The highest BCUT2D eigenvalue weighted by Crippen LogP contribution is 2.13. The molecule has 1 aliphatic heterocycles. The Hall–Kier alpha value is -2.25. The van der Waals surface area contributed by atoms with Crippen LogP contribution in [-0.2, 0) is 22.5 Å². The monoisotopic (exact) mass is 330 g/mol. The highest BCUT2D eigenvalue weighted by atomic mass is 16.5. The maximum atomic E-state index is 11.9. The number of benzene rings is 1. The summed E-state index contributed by atoms with van der Waals surface area (Å²) in [6, 6.07) is 10.0. The molecule has 24 heavy (non-hydrogen) atoms. The lowest BCUT2D eigenvalue weighted by Crippen LogP contribution is -2.35. The van der Waals surface area contributed by atoms with Crippen molar-refractivity contribution in [2.75, 3.05) is 26.3 Å². The number of hydrogen-bond donors (Lipinski definition) is 1. The lowest BCUT2D eigenvalue weighted by Gasteiger charge is -2.20. The fraction of sp³-hybridized carbons (Fsp3) is 0.471. The minimum Gasteiger partial charge on any atom is -0.378 e. The smallest absolute Gasteiger partial charge is 0.246 e. The molecule has 0 radical (unpaired) electrons. The van der Waals surface area contributed by atoms with E-state index in [2.05, 4.69) is 27.6 Å². The Kier molecular flexibility index (Phi) is 5.55. The van der Waals surface area contributed by atoms with Crippen molar-refractivity contribution in [2.45, 2.75) is 25.9 Å². The average molecular weight is 330 g/mol. The highest BCUT2D eigenvalue weighted by Gasteiger charge is 2.22. The van der Waals surface area contributed by atoms with E-state index in [1.807, 2.05) is 18.2 Å². The quantitative estimate of drug-likeness (QED) is 0.860. The molecular formula is C17H22N4O3. The molecule has 1 fully saturated rings. The summed E-state index contributed by atoms with van der Waals surface area (Å²) >= 11 is 0. The second kappa shape index (κ2) is 8.03. The van der Waals surface area contributed by atoms with Gasteiger partial charge >= 0.3 is 0 Å². The predicted octanol–water partition coefficient (Wildman–Crippen LogP) is 1.32. The van der Waals surface area contributed by atoms with Crippen LogP contribution in [0.5, 0.6) is 0 Å². The Morgan fingerprint density at radius 3 is 2.92 bits per heavy atom. The summed E-state index contributed by atoms with van der Waals surface area (Å²) in [6.45, 7) is 4.48. The molecule has 1 N–H and O–H groups in total. The van der Waals surface area contributed by atoms with Gasteiger partial charge in [0, 0.05) is 20.0 Å². The lowest BCUT2D eigenvalue weighted by atomic mass is 10.1. The molecule has 1 atom stereocenters. The Labute approximate surface area is 141 Å². The molecule has 7 nitrogen and oxygen atoms in total. The van der Waals surface area contributed by atoms with E-state index < -0.39 is 0 Å². The van der Waals surface area contributed by atoms with Crippen molar-refractivity contribution < 1.29 is 14.1 Å². The zero-order valence-electron chi connectivity index (χ0n) is 13.8. The minimum absolute atomic E-state index is 0.00944. The van der Waals surface area contributed by atoms with Gasteiger partial charge in [-0.15, -0.1) is 0 Å². The van der Waals surface area contributed by atoms with Crippen LogP contribution in [0.2, 0.25) is 0 Å². The predicted molar refractivity (Wildman–Crippen MR) is 87.1 cm³/mol. The van der Waals surface area contributed by atoms with Gasteiger partial charge < -0.3 is 19.5 Å². The summed E-state index contributed by atoms with van der Waals surface area (Å²) in [5.74, 6) is 1.02. The lowest BCUT2D eigenvalue weighted by molar-refractivity contribution is -0.129. The number of morpholine rings is 1. The van der Waals surface area contributed by atoms with E-state index in [1.165, 1.54) is 5.56 Å². The largest absolute Gasteiger partial charge is 0.378 e. The van der Waals surface area contributed by atoms with Crippen LogP contribution in [0.4, 0.5) is 0 Å². The summed E-state index contributed by atoms with van der Waals surface area (Å²) in [4.78, 5) is 18.0. The number of amides is 1. The fourth-order valence-corrected chi connectivity index (χ4v) is 2.62. The Morgan fingerprint density at radius 2 is 2.21 bits per heavy atom. The number of carbonyl (C=O) groups excluding carboxylic acids is 1. The third kappa shape index (κ3) is 4.39. The molecule has 3 rings (SSSR count). The summed E-state index contributed by atoms with van der Waals surface area (Å²) in [7, 11) is 0. The molecule has 0 bridgehead atoms. The third-order valence-corrected chi connectivity index (χ3v) is 4.00. The molecule has 1 aromatic carbocycles. The van der Waals surface area contributed by atoms with E-state index in [0.717, 1.165) is 13.0 Å². The number of aromatic nitrogens is 2. The van der Waals surface area contributed by atoms with E-state index in [4.69, 9.17) is 9.26 Å². The van der Waals surface area contributed by atoms with Crippen molar-refractivity contribution >= 4 is 5.91 Å². The summed E-state index contributed by atoms with van der Waals surface area (Å²) in [5, 5.41) is 7.28. The van der Waals surface area contributed by atoms with E-state index in [-0.39, 0.29) is 11.9 Å². The van der Waals surface area contributed by atoms with Crippen LogP contribution in [0, 0.1) is 0 Å². The summed E-state index contributed by atoms with van der Waals surface area (Å²) in [6.07, 6.45) is 0.791. The van der Waals surface area contributed by atoms with E-state index >= 15 is 0 Å². The number of ether oxygens (including phenoxy) is 1. The molecule has 1 aliphatic rings. The number of carbonyl (C=O) groups is 1. The number of nitrogens with one attached hydrogen (secondary N) is 1. The van der Waals surface area contributed by atoms with Gasteiger partial charge in [0.15, 0.2) is 5.82 Å². The maximum absolute atomic E-state index is 11.9. The summed E-state index contributed by atoms with van der Waals surface area (Å²) < 4.78 is 10.7. The van der Waals surface area contributed by atoms with Gasteiger partial charge in [0.1, 0.15) is 0 Å². The van der Waals surface area contributed by atoms with Gasteiger partial charge in [0.05, 0.1) is 25.8 Å². The first-order valence-corrected chi connectivity index (χ1v) is 8.15. The molecule has 1 unspecified atom stereocenters. The van der Waals surface area contributed by atoms with Crippen LogP contribution in [0.1, 0.15) is 30.2 Å².